The normalized spacial score (nSPS) is 25.5. The molecule has 1 N–H and O–H groups in total. The predicted molar refractivity (Wildman–Crippen MR) is 70.2 cm³/mol. The van der Waals surface area contributed by atoms with Crippen molar-refractivity contribution in [1.82, 2.24) is 4.90 Å². The second-order valence-corrected chi connectivity index (χ2v) is 5.27. The van der Waals surface area contributed by atoms with E-state index in [2.05, 4.69) is 13.8 Å². The van der Waals surface area contributed by atoms with Gasteiger partial charge < -0.3 is 10.0 Å². The lowest BCUT2D eigenvalue weighted by Gasteiger charge is -2.33. The summed E-state index contributed by atoms with van der Waals surface area (Å²) in [5, 5.41) is 8.95. The van der Waals surface area contributed by atoms with Crippen molar-refractivity contribution in [3.8, 4) is 0 Å². The summed E-state index contributed by atoms with van der Waals surface area (Å²) in [6.45, 7) is 6.91. The molecule has 1 unspecified atom stereocenters. The summed E-state index contributed by atoms with van der Waals surface area (Å²) in [6, 6.07) is 0.277. The lowest BCUT2D eigenvalue weighted by molar-refractivity contribution is -0.146. The van der Waals surface area contributed by atoms with Gasteiger partial charge in [0.05, 0.1) is 5.92 Å². The Morgan fingerprint density at radius 2 is 1.67 bits per heavy atom. The number of aliphatic carboxylic acids is 1. The Morgan fingerprint density at radius 3 is 2.06 bits per heavy atom. The van der Waals surface area contributed by atoms with Crippen LogP contribution in [0.2, 0.25) is 0 Å². The summed E-state index contributed by atoms with van der Waals surface area (Å²) < 4.78 is 0. The van der Waals surface area contributed by atoms with Gasteiger partial charge in [0, 0.05) is 18.5 Å². The van der Waals surface area contributed by atoms with Crippen molar-refractivity contribution in [1.29, 1.82) is 0 Å². The Kier molecular flexibility index (Phi) is 5.63. The molecule has 0 aromatic carbocycles. The molecule has 0 aromatic heterocycles. The maximum absolute atomic E-state index is 12.4. The van der Waals surface area contributed by atoms with Gasteiger partial charge >= 0.3 is 5.97 Å². The summed E-state index contributed by atoms with van der Waals surface area (Å²) in [5.74, 6) is -0.701. The zero-order chi connectivity index (χ0) is 13.7. The second kappa shape index (κ2) is 6.76. The molecule has 0 spiro atoms. The molecule has 104 valence electrons. The molecule has 0 aromatic rings. The van der Waals surface area contributed by atoms with Gasteiger partial charge in [-0.3, -0.25) is 9.59 Å². The van der Waals surface area contributed by atoms with E-state index in [1.807, 2.05) is 11.8 Å². The molecule has 1 fully saturated rings. The van der Waals surface area contributed by atoms with Gasteiger partial charge in [-0.25, -0.2) is 0 Å². The van der Waals surface area contributed by atoms with E-state index in [4.69, 9.17) is 5.11 Å². The Balaban J connectivity index is 2.55. The van der Waals surface area contributed by atoms with Gasteiger partial charge in [-0.2, -0.15) is 0 Å². The summed E-state index contributed by atoms with van der Waals surface area (Å²) in [7, 11) is 0. The molecule has 0 heterocycles. The molecule has 4 heteroatoms. The summed E-state index contributed by atoms with van der Waals surface area (Å²) in [6.07, 6.45) is 3.70. The van der Waals surface area contributed by atoms with Crippen LogP contribution in [0.1, 0.15) is 52.9 Å². The highest BCUT2D eigenvalue weighted by molar-refractivity contribution is 5.79. The van der Waals surface area contributed by atoms with Crippen LogP contribution in [0.15, 0.2) is 0 Å². The second-order valence-electron chi connectivity index (χ2n) is 5.27. The number of carbonyl (C=O) groups is 2. The molecule has 0 aliphatic heterocycles. The molecule has 18 heavy (non-hydrogen) atoms. The predicted octanol–water partition coefficient (Wildman–Crippen LogP) is 2.52. The SMILES string of the molecule is CCC(C)N(CC)C(=O)C1CCC(C(=O)O)CC1. The summed E-state index contributed by atoms with van der Waals surface area (Å²) >= 11 is 0. The van der Waals surface area contributed by atoms with E-state index in [1.165, 1.54) is 0 Å². The maximum atomic E-state index is 12.4. The van der Waals surface area contributed by atoms with Crippen LogP contribution >= 0.6 is 0 Å². The first kappa shape index (κ1) is 15.0. The fraction of sp³-hybridized carbons (Fsp3) is 0.857. The van der Waals surface area contributed by atoms with Crippen molar-refractivity contribution in [2.45, 2.75) is 58.9 Å². The Labute approximate surface area is 109 Å². The zero-order valence-corrected chi connectivity index (χ0v) is 11.7. The quantitative estimate of drug-likeness (QED) is 0.821. The fourth-order valence-electron chi connectivity index (χ4n) is 2.73. The van der Waals surface area contributed by atoms with Gasteiger partial charge in [0.1, 0.15) is 0 Å². The fourth-order valence-corrected chi connectivity index (χ4v) is 2.73. The first-order chi connectivity index (χ1) is 8.51. The topological polar surface area (TPSA) is 57.6 Å². The van der Waals surface area contributed by atoms with E-state index < -0.39 is 5.97 Å². The Bertz CT molecular complexity index is 295. The van der Waals surface area contributed by atoms with Gasteiger partial charge in [0.2, 0.25) is 5.91 Å². The lowest BCUT2D eigenvalue weighted by Crippen LogP contribution is -2.43. The smallest absolute Gasteiger partial charge is 0.306 e. The van der Waals surface area contributed by atoms with Gasteiger partial charge in [0.25, 0.3) is 0 Å². The van der Waals surface area contributed by atoms with Gasteiger partial charge in [-0.1, -0.05) is 6.92 Å². The minimum absolute atomic E-state index is 0.0366. The molecule has 0 bridgehead atoms. The van der Waals surface area contributed by atoms with Crippen LogP contribution in [-0.4, -0.2) is 34.5 Å². The Morgan fingerprint density at radius 1 is 1.17 bits per heavy atom. The number of amides is 1. The third kappa shape index (κ3) is 3.47. The van der Waals surface area contributed by atoms with Crippen LogP contribution in [0.3, 0.4) is 0 Å². The van der Waals surface area contributed by atoms with Crippen molar-refractivity contribution >= 4 is 11.9 Å². The number of hydrogen-bond acceptors (Lipinski definition) is 2. The van der Waals surface area contributed by atoms with Crippen LogP contribution in [0.25, 0.3) is 0 Å². The summed E-state index contributed by atoms with van der Waals surface area (Å²) in [5.41, 5.74) is 0. The van der Waals surface area contributed by atoms with Crippen LogP contribution < -0.4 is 0 Å². The molecule has 1 saturated carbocycles. The number of hydrogen-bond donors (Lipinski definition) is 1. The number of carboxylic acids is 1. The number of rotatable bonds is 5. The molecule has 4 nitrogen and oxygen atoms in total. The minimum atomic E-state index is -0.713. The molecule has 0 saturated heterocycles. The van der Waals surface area contributed by atoms with Crippen LogP contribution in [0, 0.1) is 11.8 Å². The standard InChI is InChI=1S/C14H25NO3/c1-4-10(3)15(5-2)13(16)11-6-8-12(9-7-11)14(17)18/h10-12H,4-9H2,1-3H3,(H,17,18). The van der Waals surface area contributed by atoms with E-state index >= 15 is 0 Å². The highest BCUT2D eigenvalue weighted by Crippen LogP contribution is 2.30. The molecule has 1 rings (SSSR count). The average Bonchev–Trinajstić information content (AvgIpc) is 2.39. The van der Waals surface area contributed by atoms with Gasteiger partial charge in [0.15, 0.2) is 0 Å². The molecular formula is C14H25NO3. The molecule has 1 aliphatic carbocycles. The van der Waals surface area contributed by atoms with E-state index in [9.17, 15) is 9.59 Å². The van der Waals surface area contributed by atoms with Crippen LogP contribution in [0.5, 0.6) is 0 Å². The highest BCUT2D eigenvalue weighted by atomic mass is 16.4. The Hall–Kier alpha value is -1.06. The number of carbonyl (C=O) groups excluding carboxylic acids is 1. The van der Waals surface area contributed by atoms with Gasteiger partial charge in [-0.15, -0.1) is 0 Å². The van der Waals surface area contributed by atoms with Crippen LogP contribution in [0.4, 0.5) is 0 Å². The van der Waals surface area contributed by atoms with Crippen molar-refractivity contribution in [2.75, 3.05) is 6.54 Å². The highest BCUT2D eigenvalue weighted by Gasteiger charge is 2.32. The first-order valence-corrected chi connectivity index (χ1v) is 7.04. The van der Waals surface area contributed by atoms with E-state index in [0.717, 1.165) is 25.8 Å². The lowest BCUT2D eigenvalue weighted by atomic mass is 9.81. The molecule has 0 radical (unpaired) electrons. The number of carboxylic acid groups (broad SMARTS) is 1. The van der Waals surface area contributed by atoms with E-state index in [1.54, 1.807) is 0 Å². The molecule has 1 aliphatic rings. The first-order valence-electron chi connectivity index (χ1n) is 7.04. The van der Waals surface area contributed by atoms with Crippen molar-refractivity contribution in [3.05, 3.63) is 0 Å². The molecule has 1 amide bonds. The van der Waals surface area contributed by atoms with E-state index in [-0.39, 0.29) is 23.8 Å². The molecular weight excluding hydrogens is 230 g/mol. The third-order valence-corrected chi connectivity index (χ3v) is 4.17. The van der Waals surface area contributed by atoms with Crippen molar-refractivity contribution in [2.24, 2.45) is 11.8 Å². The third-order valence-electron chi connectivity index (χ3n) is 4.17. The van der Waals surface area contributed by atoms with Crippen LogP contribution in [-0.2, 0) is 9.59 Å². The molecule has 1 atom stereocenters. The van der Waals surface area contributed by atoms with Crippen molar-refractivity contribution < 1.29 is 14.7 Å². The van der Waals surface area contributed by atoms with Crippen molar-refractivity contribution in [3.63, 3.8) is 0 Å². The van der Waals surface area contributed by atoms with E-state index in [0.29, 0.717) is 12.8 Å². The largest absolute Gasteiger partial charge is 0.481 e. The zero-order valence-electron chi connectivity index (χ0n) is 11.7. The monoisotopic (exact) mass is 255 g/mol. The number of nitrogens with zero attached hydrogens (tertiary/aromatic N) is 1. The minimum Gasteiger partial charge on any atom is -0.481 e. The van der Waals surface area contributed by atoms with Gasteiger partial charge in [-0.05, 0) is 46.0 Å². The maximum Gasteiger partial charge on any atom is 0.306 e. The average molecular weight is 255 g/mol. The summed E-state index contributed by atoms with van der Waals surface area (Å²) in [4.78, 5) is 25.2.